The maximum atomic E-state index is 11.8. The number of hydrogen-bond acceptors (Lipinski definition) is 3. The van der Waals surface area contributed by atoms with Crippen LogP contribution in [-0.2, 0) is 4.79 Å². The Morgan fingerprint density at radius 1 is 1.50 bits per heavy atom. The van der Waals surface area contributed by atoms with Crippen molar-refractivity contribution in [1.82, 2.24) is 15.5 Å². The van der Waals surface area contributed by atoms with Crippen LogP contribution >= 0.6 is 0 Å². The summed E-state index contributed by atoms with van der Waals surface area (Å²) in [5, 5.41) is 6.25. The summed E-state index contributed by atoms with van der Waals surface area (Å²) >= 11 is 0. The first kappa shape index (κ1) is 11.9. The maximum absolute atomic E-state index is 11.8. The Kier molecular flexibility index (Phi) is 3.82. The van der Waals surface area contributed by atoms with Crippen LogP contribution < -0.4 is 10.6 Å². The fourth-order valence-corrected chi connectivity index (χ4v) is 3.16. The van der Waals surface area contributed by atoms with E-state index in [0.29, 0.717) is 12.0 Å². The van der Waals surface area contributed by atoms with Crippen LogP contribution in [0.25, 0.3) is 0 Å². The first-order valence-corrected chi connectivity index (χ1v) is 6.46. The number of nitrogens with zero attached hydrogens (tertiary/aromatic N) is 1. The van der Waals surface area contributed by atoms with Crippen molar-refractivity contribution in [3.63, 3.8) is 0 Å². The number of rotatable bonds is 3. The highest BCUT2D eigenvalue weighted by molar-refractivity contribution is 5.81. The molecule has 3 unspecified atom stereocenters. The van der Waals surface area contributed by atoms with E-state index in [9.17, 15) is 4.79 Å². The summed E-state index contributed by atoms with van der Waals surface area (Å²) in [7, 11) is 1.74. The highest BCUT2D eigenvalue weighted by atomic mass is 16.2. The van der Waals surface area contributed by atoms with Gasteiger partial charge in [-0.15, -0.1) is 0 Å². The molecular weight excluding hydrogens is 202 g/mol. The molecule has 2 N–H and O–H groups in total. The lowest BCUT2D eigenvalue weighted by molar-refractivity contribution is -0.125. The zero-order valence-corrected chi connectivity index (χ0v) is 10.3. The van der Waals surface area contributed by atoms with E-state index < -0.39 is 0 Å². The zero-order chi connectivity index (χ0) is 11.5. The summed E-state index contributed by atoms with van der Waals surface area (Å²) in [6, 6.07) is 0.679. The van der Waals surface area contributed by atoms with Crippen LogP contribution in [0.4, 0.5) is 0 Å². The minimum Gasteiger partial charge on any atom is -0.358 e. The molecule has 3 atom stereocenters. The van der Waals surface area contributed by atoms with Gasteiger partial charge in [-0.05, 0) is 31.8 Å². The Morgan fingerprint density at radius 2 is 2.31 bits per heavy atom. The molecule has 2 rings (SSSR count). The number of hydrogen-bond donors (Lipinski definition) is 2. The average Bonchev–Trinajstić information content (AvgIpc) is 2.94. The van der Waals surface area contributed by atoms with Crippen molar-refractivity contribution in [2.75, 3.05) is 26.7 Å². The molecule has 2 aliphatic heterocycles. The van der Waals surface area contributed by atoms with Crippen LogP contribution in [-0.4, -0.2) is 49.6 Å². The molecule has 16 heavy (non-hydrogen) atoms. The van der Waals surface area contributed by atoms with Crippen LogP contribution in [0.2, 0.25) is 0 Å². The lowest BCUT2D eigenvalue weighted by atomic mass is 9.98. The quantitative estimate of drug-likeness (QED) is 0.721. The highest BCUT2D eigenvalue weighted by Gasteiger charge is 2.39. The molecule has 2 fully saturated rings. The molecule has 2 aliphatic rings. The van der Waals surface area contributed by atoms with Gasteiger partial charge in [0, 0.05) is 19.6 Å². The molecule has 2 heterocycles. The van der Waals surface area contributed by atoms with Gasteiger partial charge in [0.2, 0.25) is 5.91 Å². The van der Waals surface area contributed by atoms with E-state index in [1.807, 2.05) is 0 Å². The normalized spacial score (nSPS) is 35.5. The predicted octanol–water partition coefficient (Wildman–Crippen LogP) is 0.195. The van der Waals surface area contributed by atoms with Crippen LogP contribution in [0.15, 0.2) is 0 Å². The van der Waals surface area contributed by atoms with Gasteiger partial charge in [-0.25, -0.2) is 0 Å². The number of likely N-dealkylation sites (N-methyl/N-ethyl adjacent to an activating group) is 1. The summed E-state index contributed by atoms with van der Waals surface area (Å²) in [5.74, 6) is 0.907. The van der Waals surface area contributed by atoms with Crippen LogP contribution in [0.1, 0.15) is 26.2 Å². The van der Waals surface area contributed by atoms with E-state index >= 15 is 0 Å². The van der Waals surface area contributed by atoms with Gasteiger partial charge in [-0.2, -0.15) is 0 Å². The molecule has 92 valence electrons. The number of nitrogens with one attached hydrogen (secondary N) is 2. The summed E-state index contributed by atoms with van der Waals surface area (Å²) in [6.45, 7) is 5.49. The second-order valence-corrected chi connectivity index (χ2v) is 4.90. The third-order valence-corrected chi connectivity index (χ3v) is 4.10. The van der Waals surface area contributed by atoms with Gasteiger partial charge in [0.05, 0.1) is 6.04 Å². The topological polar surface area (TPSA) is 44.4 Å². The molecule has 4 nitrogen and oxygen atoms in total. The van der Waals surface area contributed by atoms with E-state index in [1.54, 1.807) is 7.05 Å². The first-order chi connectivity index (χ1) is 7.77. The lowest BCUT2D eigenvalue weighted by Crippen LogP contribution is -2.49. The standard InChI is InChI=1S/C12H23N3O/c1-3-9-7-14-8-11(9)15-6-4-5-10(15)12(16)13-2/h9-11,14H,3-8H2,1-2H3,(H,13,16). The Bertz CT molecular complexity index is 257. The van der Waals surface area contributed by atoms with Gasteiger partial charge in [-0.1, -0.05) is 13.3 Å². The fraction of sp³-hybridized carbons (Fsp3) is 0.917. The molecule has 0 bridgehead atoms. The SMILES string of the molecule is CCC1CNCC1N1CCCC1C(=O)NC. The maximum Gasteiger partial charge on any atom is 0.237 e. The second kappa shape index (κ2) is 5.15. The molecule has 0 spiro atoms. The average molecular weight is 225 g/mol. The van der Waals surface area contributed by atoms with Crippen molar-refractivity contribution in [2.24, 2.45) is 5.92 Å². The molecule has 0 aromatic rings. The minimum atomic E-state index is 0.115. The number of carbonyl (C=O) groups excluding carboxylic acids is 1. The van der Waals surface area contributed by atoms with Crippen molar-refractivity contribution in [3.05, 3.63) is 0 Å². The van der Waals surface area contributed by atoms with E-state index in [0.717, 1.165) is 32.5 Å². The summed E-state index contributed by atoms with van der Waals surface area (Å²) < 4.78 is 0. The highest BCUT2D eigenvalue weighted by Crippen LogP contribution is 2.27. The second-order valence-electron chi connectivity index (χ2n) is 4.90. The van der Waals surface area contributed by atoms with Crippen LogP contribution in [0.3, 0.4) is 0 Å². The molecule has 2 saturated heterocycles. The zero-order valence-electron chi connectivity index (χ0n) is 10.3. The van der Waals surface area contributed by atoms with E-state index in [2.05, 4.69) is 22.5 Å². The third kappa shape index (κ3) is 2.09. The monoisotopic (exact) mass is 225 g/mol. The van der Waals surface area contributed by atoms with Crippen LogP contribution in [0, 0.1) is 5.92 Å². The molecular formula is C12H23N3O. The molecule has 0 aromatic heterocycles. The van der Waals surface area contributed by atoms with Crippen molar-refractivity contribution >= 4 is 5.91 Å². The van der Waals surface area contributed by atoms with Gasteiger partial charge in [0.15, 0.2) is 0 Å². The molecule has 0 radical (unpaired) electrons. The summed E-state index contributed by atoms with van der Waals surface area (Å²) in [4.78, 5) is 14.2. The van der Waals surface area contributed by atoms with Crippen LogP contribution in [0.5, 0.6) is 0 Å². The number of likely N-dealkylation sites (tertiary alicyclic amines) is 1. The van der Waals surface area contributed by atoms with Crippen molar-refractivity contribution in [1.29, 1.82) is 0 Å². The fourth-order valence-electron chi connectivity index (χ4n) is 3.16. The third-order valence-electron chi connectivity index (χ3n) is 4.10. The Hall–Kier alpha value is -0.610. The van der Waals surface area contributed by atoms with Gasteiger partial charge < -0.3 is 10.6 Å². The number of carbonyl (C=O) groups is 1. The minimum absolute atomic E-state index is 0.115. The Morgan fingerprint density at radius 3 is 3.00 bits per heavy atom. The van der Waals surface area contributed by atoms with Gasteiger partial charge in [-0.3, -0.25) is 9.69 Å². The Labute approximate surface area is 97.8 Å². The largest absolute Gasteiger partial charge is 0.358 e. The smallest absolute Gasteiger partial charge is 0.237 e. The molecule has 0 aromatic carbocycles. The first-order valence-electron chi connectivity index (χ1n) is 6.46. The molecule has 0 aliphatic carbocycles. The molecule has 1 amide bonds. The van der Waals surface area contributed by atoms with Gasteiger partial charge in [0.1, 0.15) is 0 Å². The lowest BCUT2D eigenvalue weighted by Gasteiger charge is -2.32. The number of amides is 1. The molecule has 4 heteroatoms. The van der Waals surface area contributed by atoms with Gasteiger partial charge >= 0.3 is 0 Å². The van der Waals surface area contributed by atoms with E-state index in [1.165, 1.54) is 6.42 Å². The summed E-state index contributed by atoms with van der Waals surface area (Å²) in [5.41, 5.74) is 0. The van der Waals surface area contributed by atoms with E-state index in [4.69, 9.17) is 0 Å². The Balaban J connectivity index is 2.04. The predicted molar refractivity (Wildman–Crippen MR) is 64.2 cm³/mol. The van der Waals surface area contributed by atoms with Crippen molar-refractivity contribution in [2.45, 2.75) is 38.3 Å². The van der Waals surface area contributed by atoms with E-state index in [-0.39, 0.29) is 11.9 Å². The van der Waals surface area contributed by atoms with Crippen molar-refractivity contribution in [3.8, 4) is 0 Å². The summed E-state index contributed by atoms with van der Waals surface area (Å²) in [6.07, 6.45) is 3.38. The van der Waals surface area contributed by atoms with Crippen molar-refractivity contribution < 1.29 is 4.79 Å². The molecule has 0 saturated carbocycles. The van der Waals surface area contributed by atoms with Gasteiger partial charge in [0.25, 0.3) is 0 Å².